The molecular weight excluding hydrogens is 124 g/mol. The van der Waals surface area contributed by atoms with E-state index in [2.05, 4.69) is 18.2 Å². The predicted molar refractivity (Wildman–Crippen MR) is 39.9 cm³/mol. The Hall–Kier alpha value is -0.980. The summed E-state index contributed by atoms with van der Waals surface area (Å²) in [5.74, 6) is 1.06. The zero-order chi connectivity index (χ0) is 7.14. The highest BCUT2D eigenvalue weighted by Crippen LogP contribution is 2.24. The lowest BCUT2D eigenvalue weighted by Crippen LogP contribution is -2.08. The summed E-state index contributed by atoms with van der Waals surface area (Å²) in [5, 5.41) is 2.64. The molecule has 0 bridgehead atoms. The van der Waals surface area contributed by atoms with E-state index in [4.69, 9.17) is 4.74 Å². The van der Waals surface area contributed by atoms with Crippen LogP contribution in [-0.4, -0.2) is 6.10 Å². The molecule has 0 aromatic carbocycles. The maximum absolute atomic E-state index is 5.47. The number of hydrogen-bond donors (Lipinski definition) is 0. The van der Waals surface area contributed by atoms with Crippen LogP contribution in [0.25, 0.3) is 0 Å². The summed E-state index contributed by atoms with van der Waals surface area (Å²) in [7, 11) is 0. The lowest BCUT2D eigenvalue weighted by atomic mass is 10.1. The number of benzene rings is 1. The monoisotopic (exact) mass is 134 g/mol. The molecule has 1 nitrogen and oxygen atoms in total. The maximum atomic E-state index is 5.47. The van der Waals surface area contributed by atoms with Crippen molar-refractivity contribution in [1.82, 2.24) is 0 Å². The van der Waals surface area contributed by atoms with Crippen LogP contribution < -0.4 is 4.74 Å². The summed E-state index contributed by atoms with van der Waals surface area (Å²) in [5.41, 5.74) is 0. The molecule has 52 valence electrons. The predicted octanol–water partition coefficient (Wildman–Crippen LogP) is 2.07. The van der Waals surface area contributed by atoms with E-state index in [-0.39, 0.29) is 0 Å². The van der Waals surface area contributed by atoms with E-state index in [0.29, 0.717) is 6.10 Å². The van der Waals surface area contributed by atoms with Crippen LogP contribution in [0.3, 0.4) is 0 Å². The number of rotatable bonds is 2. The molecule has 0 radical (unpaired) electrons. The maximum Gasteiger partial charge on any atom is 0.128 e. The van der Waals surface area contributed by atoms with Crippen molar-refractivity contribution in [1.29, 1.82) is 0 Å². The average Bonchev–Trinajstić information content (AvgIpc) is 1.80. The minimum absolute atomic E-state index is 0.300. The number of hydrogen-bond acceptors (Lipinski definition) is 1. The van der Waals surface area contributed by atoms with Crippen LogP contribution in [0.1, 0.15) is 13.8 Å². The van der Waals surface area contributed by atoms with Crippen LogP contribution >= 0.6 is 0 Å². The summed E-state index contributed by atoms with van der Waals surface area (Å²) in [6, 6.07) is 6.27. The first-order chi connectivity index (χ1) is 4.77. The summed E-state index contributed by atoms with van der Waals surface area (Å²) < 4.78 is 5.47. The minimum Gasteiger partial charge on any atom is -0.490 e. The van der Waals surface area contributed by atoms with Crippen molar-refractivity contribution in [2.75, 3.05) is 0 Å². The van der Waals surface area contributed by atoms with Gasteiger partial charge in [0, 0.05) is 5.22 Å². The molecule has 10 heavy (non-hydrogen) atoms. The van der Waals surface area contributed by atoms with Crippen molar-refractivity contribution in [2.45, 2.75) is 20.0 Å². The number of ether oxygens (including phenoxy) is 1. The van der Waals surface area contributed by atoms with Crippen LogP contribution in [0.5, 0.6) is 5.75 Å². The second-order valence-electron chi connectivity index (χ2n) is 2.88. The molecule has 0 heterocycles. The second kappa shape index (κ2) is 1.75. The van der Waals surface area contributed by atoms with Gasteiger partial charge in [-0.2, -0.15) is 0 Å². The van der Waals surface area contributed by atoms with Crippen LogP contribution in [0.15, 0.2) is 18.2 Å². The van der Waals surface area contributed by atoms with Crippen LogP contribution in [0.4, 0.5) is 0 Å². The third-order valence-electron chi connectivity index (χ3n) is 1.66. The van der Waals surface area contributed by atoms with Gasteiger partial charge in [-0.1, -0.05) is 12.1 Å². The third-order valence-corrected chi connectivity index (χ3v) is 1.66. The Bertz CT molecular complexity index is 338. The fourth-order valence-corrected chi connectivity index (χ4v) is 1.11. The van der Waals surface area contributed by atoms with Crippen molar-refractivity contribution in [3.63, 3.8) is 0 Å². The molecule has 2 rings (SSSR count). The van der Waals surface area contributed by atoms with Crippen molar-refractivity contribution in [2.24, 2.45) is 0 Å². The van der Waals surface area contributed by atoms with Gasteiger partial charge in [-0.05, 0) is 25.1 Å². The fourth-order valence-electron chi connectivity index (χ4n) is 1.11. The molecule has 2 aliphatic rings. The molecule has 2 aliphatic carbocycles. The van der Waals surface area contributed by atoms with Gasteiger partial charge in [0.15, 0.2) is 0 Å². The molecule has 0 atom stereocenters. The molecule has 0 saturated carbocycles. The largest absolute Gasteiger partial charge is 0.490 e. The third kappa shape index (κ3) is 0.635. The standard InChI is InChI=1S/C9H10O/c1-6(2)10-9-5-7-3-4-8(7)9/h3-6H,1-2H3. The van der Waals surface area contributed by atoms with Gasteiger partial charge in [0.2, 0.25) is 0 Å². The highest BCUT2D eigenvalue weighted by Gasteiger charge is 2.07. The van der Waals surface area contributed by atoms with Gasteiger partial charge in [0.1, 0.15) is 5.75 Å². The second-order valence-corrected chi connectivity index (χ2v) is 2.88. The van der Waals surface area contributed by atoms with Gasteiger partial charge < -0.3 is 4.74 Å². The lowest BCUT2D eigenvalue weighted by molar-refractivity contribution is 0.238. The highest BCUT2D eigenvalue weighted by atomic mass is 16.5. The molecule has 0 amide bonds. The van der Waals surface area contributed by atoms with E-state index in [1.54, 1.807) is 0 Å². The van der Waals surface area contributed by atoms with Gasteiger partial charge in [0.05, 0.1) is 6.10 Å². The lowest BCUT2D eigenvalue weighted by Gasteiger charge is -2.15. The highest BCUT2D eigenvalue weighted by molar-refractivity contribution is 5.38. The summed E-state index contributed by atoms with van der Waals surface area (Å²) >= 11 is 0. The average molecular weight is 134 g/mol. The Morgan fingerprint density at radius 2 is 2.10 bits per heavy atom. The smallest absolute Gasteiger partial charge is 0.128 e. The van der Waals surface area contributed by atoms with Crippen LogP contribution in [-0.2, 0) is 0 Å². The SMILES string of the molecule is CC(C)Oc1cc2ccc1=2. The minimum atomic E-state index is 0.300. The molecule has 0 spiro atoms. The van der Waals surface area contributed by atoms with E-state index in [1.807, 2.05) is 13.8 Å². The van der Waals surface area contributed by atoms with Gasteiger partial charge in [0.25, 0.3) is 0 Å². The Kier molecular flexibility index (Phi) is 1.01. The van der Waals surface area contributed by atoms with E-state index in [1.165, 1.54) is 10.4 Å². The molecular formula is C9H10O. The van der Waals surface area contributed by atoms with E-state index in [9.17, 15) is 0 Å². The molecule has 0 N–H and O–H groups in total. The van der Waals surface area contributed by atoms with Crippen LogP contribution in [0.2, 0.25) is 0 Å². The zero-order valence-electron chi connectivity index (χ0n) is 6.22. The Morgan fingerprint density at radius 3 is 2.40 bits per heavy atom. The molecule has 0 aliphatic heterocycles. The van der Waals surface area contributed by atoms with Crippen molar-refractivity contribution in [3.8, 4) is 5.75 Å². The van der Waals surface area contributed by atoms with Gasteiger partial charge in [-0.25, -0.2) is 0 Å². The van der Waals surface area contributed by atoms with E-state index in [0.717, 1.165) is 5.75 Å². The first-order valence-corrected chi connectivity index (χ1v) is 3.58. The first-order valence-electron chi connectivity index (χ1n) is 3.58. The Morgan fingerprint density at radius 1 is 1.30 bits per heavy atom. The Balaban J connectivity index is 2.20. The summed E-state index contributed by atoms with van der Waals surface area (Å²) in [4.78, 5) is 0. The Labute approximate surface area is 59.9 Å². The van der Waals surface area contributed by atoms with Crippen molar-refractivity contribution in [3.05, 3.63) is 28.6 Å². The van der Waals surface area contributed by atoms with Crippen molar-refractivity contribution < 1.29 is 4.74 Å². The molecule has 0 unspecified atom stereocenters. The van der Waals surface area contributed by atoms with Gasteiger partial charge >= 0.3 is 0 Å². The summed E-state index contributed by atoms with van der Waals surface area (Å²) in [6.45, 7) is 4.09. The van der Waals surface area contributed by atoms with E-state index < -0.39 is 0 Å². The van der Waals surface area contributed by atoms with Gasteiger partial charge in [-0.3, -0.25) is 0 Å². The molecule has 0 saturated heterocycles. The molecule has 0 fully saturated rings. The molecule has 0 aromatic heterocycles. The topological polar surface area (TPSA) is 9.23 Å². The van der Waals surface area contributed by atoms with Crippen molar-refractivity contribution >= 4 is 0 Å². The first kappa shape index (κ1) is 5.78. The molecule has 0 aromatic rings. The summed E-state index contributed by atoms with van der Waals surface area (Å²) in [6.07, 6.45) is 0.300. The van der Waals surface area contributed by atoms with E-state index >= 15 is 0 Å². The normalized spacial score (nSPS) is 11.9. The van der Waals surface area contributed by atoms with Gasteiger partial charge in [-0.15, -0.1) is 0 Å². The fraction of sp³-hybridized carbons (Fsp3) is 0.333. The molecule has 1 heteroatoms. The van der Waals surface area contributed by atoms with Crippen LogP contribution in [0, 0.1) is 10.4 Å². The zero-order valence-corrected chi connectivity index (χ0v) is 6.22. The quantitative estimate of drug-likeness (QED) is 0.611.